The number of carbonyl (C=O) groups excluding carboxylic acids is 1. The van der Waals surface area contributed by atoms with Gasteiger partial charge >= 0.3 is 0 Å². The van der Waals surface area contributed by atoms with Crippen LogP contribution in [0.4, 0.5) is 0 Å². The summed E-state index contributed by atoms with van der Waals surface area (Å²) < 4.78 is 2.59. The molecule has 28 heavy (non-hydrogen) atoms. The van der Waals surface area contributed by atoms with E-state index in [0.29, 0.717) is 10.3 Å². The van der Waals surface area contributed by atoms with Crippen molar-refractivity contribution in [2.75, 3.05) is 0 Å². The Kier molecular flexibility index (Phi) is 5.22. The lowest BCUT2D eigenvalue weighted by Crippen LogP contribution is -2.12. The summed E-state index contributed by atoms with van der Waals surface area (Å²) in [7, 11) is 0. The molecule has 0 fully saturated rings. The first kappa shape index (κ1) is 18.4. The summed E-state index contributed by atoms with van der Waals surface area (Å²) in [6, 6.07) is 27.8. The summed E-state index contributed by atoms with van der Waals surface area (Å²) in [5.74, 6) is 0.0508. The summed E-state index contributed by atoms with van der Waals surface area (Å²) in [6.45, 7) is 2.23. The molecule has 0 N–H and O–H groups in total. The van der Waals surface area contributed by atoms with Gasteiger partial charge in [0.1, 0.15) is 0 Å². The van der Waals surface area contributed by atoms with Crippen LogP contribution in [0, 0.1) is 6.92 Å². The average molecular weight is 431 g/mol. The number of aryl methyl sites for hydroxylation is 1. The van der Waals surface area contributed by atoms with Crippen LogP contribution in [0.5, 0.6) is 0 Å². The van der Waals surface area contributed by atoms with Gasteiger partial charge in [0.05, 0.1) is 17.9 Å². The van der Waals surface area contributed by atoms with Crippen LogP contribution in [0.2, 0.25) is 0 Å². The molecule has 0 spiro atoms. The van der Waals surface area contributed by atoms with E-state index < -0.39 is 0 Å². The Labute approximate surface area is 172 Å². The summed E-state index contributed by atoms with van der Waals surface area (Å²) >= 11 is 3.57. The zero-order chi connectivity index (χ0) is 19.5. The first-order valence-electron chi connectivity index (χ1n) is 9.10. The molecule has 4 aromatic rings. The Bertz CT molecular complexity index is 1100. The molecular formula is C24H19BrN2O. The van der Waals surface area contributed by atoms with Crippen molar-refractivity contribution >= 4 is 21.7 Å². The van der Waals surface area contributed by atoms with E-state index in [2.05, 4.69) is 15.9 Å². The van der Waals surface area contributed by atoms with E-state index >= 15 is 0 Å². The fourth-order valence-corrected chi connectivity index (χ4v) is 3.71. The van der Waals surface area contributed by atoms with Gasteiger partial charge in [0.2, 0.25) is 0 Å². The number of Topliss-reactive ketones (excluding diaryl/α,β-unsaturated/α-hetero) is 1. The van der Waals surface area contributed by atoms with Gasteiger partial charge in [0.15, 0.2) is 10.5 Å². The maximum atomic E-state index is 12.9. The molecule has 4 heteroatoms. The zero-order valence-corrected chi connectivity index (χ0v) is 17.1. The normalized spacial score (nSPS) is 10.8. The van der Waals surface area contributed by atoms with Crippen molar-refractivity contribution in [3.05, 3.63) is 101 Å². The Balaban J connectivity index is 1.82. The highest BCUT2D eigenvalue weighted by Crippen LogP contribution is 2.34. The number of nitrogens with zero attached hydrogens (tertiary/aromatic N) is 2. The minimum Gasteiger partial charge on any atom is -0.310 e. The number of halogens is 1. The lowest BCUT2D eigenvalue weighted by molar-refractivity contribution is 0.0972. The third kappa shape index (κ3) is 3.69. The zero-order valence-electron chi connectivity index (χ0n) is 15.5. The molecule has 0 unspecified atom stereocenters. The van der Waals surface area contributed by atoms with Crippen molar-refractivity contribution in [1.29, 1.82) is 0 Å². The molecule has 0 aliphatic carbocycles. The van der Waals surface area contributed by atoms with Crippen molar-refractivity contribution in [3.8, 4) is 22.5 Å². The molecule has 0 aliphatic rings. The second-order valence-electron chi connectivity index (χ2n) is 6.69. The van der Waals surface area contributed by atoms with Crippen molar-refractivity contribution in [3.63, 3.8) is 0 Å². The summed E-state index contributed by atoms with van der Waals surface area (Å²) in [5, 5.41) is 0. The standard InChI is InChI=1S/C24H19BrN2O/c1-17-12-14-18(15-13-17)21(28)16-27-23(20-10-6-3-7-11-20)22(26-24(27)25)19-8-4-2-5-9-19/h2-15H,16H2,1H3. The van der Waals surface area contributed by atoms with Gasteiger partial charge in [-0.3, -0.25) is 4.79 Å². The molecule has 0 amide bonds. The largest absolute Gasteiger partial charge is 0.310 e. The van der Waals surface area contributed by atoms with Crippen LogP contribution in [0.1, 0.15) is 15.9 Å². The highest BCUT2D eigenvalue weighted by Gasteiger charge is 2.20. The smallest absolute Gasteiger partial charge is 0.182 e. The number of carbonyl (C=O) groups is 1. The molecule has 1 heterocycles. The van der Waals surface area contributed by atoms with Gasteiger partial charge in [-0.1, -0.05) is 90.5 Å². The van der Waals surface area contributed by atoms with Crippen molar-refractivity contribution in [1.82, 2.24) is 9.55 Å². The maximum absolute atomic E-state index is 12.9. The number of ketones is 1. The van der Waals surface area contributed by atoms with Gasteiger partial charge in [-0.25, -0.2) is 4.98 Å². The van der Waals surface area contributed by atoms with E-state index in [1.807, 2.05) is 96.4 Å². The topological polar surface area (TPSA) is 34.9 Å². The SMILES string of the molecule is Cc1ccc(C(=O)Cn2c(Br)nc(-c3ccccc3)c2-c2ccccc2)cc1. The maximum Gasteiger partial charge on any atom is 0.182 e. The van der Waals surface area contributed by atoms with Crippen LogP contribution in [0.15, 0.2) is 89.7 Å². The Morgan fingerprint density at radius 1 is 0.857 bits per heavy atom. The average Bonchev–Trinajstić information content (AvgIpc) is 3.06. The van der Waals surface area contributed by atoms with Crippen molar-refractivity contribution < 1.29 is 4.79 Å². The Morgan fingerprint density at radius 3 is 2.04 bits per heavy atom. The highest BCUT2D eigenvalue weighted by molar-refractivity contribution is 9.10. The van der Waals surface area contributed by atoms with Crippen molar-refractivity contribution in [2.24, 2.45) is 0 Å². The van der Waals surface area contributed by atoms with Gasteiger partial charge in [0, 0.05) is 16.7 Å². The van der Waals surface area contributed by atoms with Crippen LogP contribution in [-0.2, 0) is 6.54 Å². The quantitative estimate of drug-likeness (QED) is 0.354. The van der Waals surface area contributed by atoms with E-state index in [1.54, 1.807) is 0 Å². The first-order valence-corrected chi connectivity index (χ1v) is 9.89. The van der Waals surface area contributed by atoms with E-state index in [0.717, 1.165) is 28.1 Å². The molecule has 1 aromatic heterocycles. The molecule has 0 aliphatic heterocycles. The molecule has 138 valence electrons. The van der Waals surface area contributed by atoms with Crippen LogP contribution in [-0.4, -0.2) is 15.3 Å². The van der Waals surface area contributed by atoms with Gasteiger partial charge < -0.3 is 4.57 Å². The first-order chi connectivity index (χ1) is 13.6. The third-order valence-corrected chi connectivity index (χ3v) is 5.30. The number of aromatic nitrogens is 2. The molecule has 0 saturated heterocycles. The molecular weight excluding hydrogens is 412 g/mol. The lowest BCUT2D eigenvalue weighted by atomic mass is 10.0. The summed E-state index contributed by atoms with van der Waals surface area (Å²) in [4.78, 5) is 17.7. The van der Waals surface area contributed by atoms with Gasteiger partial charge in [-0.2, -0.15) is 0 Å². The number of rotatable bonds is 5. The second kappa shape index (κ2) is 7.95. The Hall–Kier alpha value is -2.98. The van der Waals surface area contributed by atoms with E-state index in [9.17, 15) is 4.79 Å². The summed E-state index contributed by atoms with van der Waals surface area (Å²) in [6.07, 6.45) is 0. The van der Waals surface area contributed by atoms with Crippen LogP contribution in [0.3, 0.4) is 0 Å². The fraction of sp³-hybridized carbons (Fsp3) is 0.0833. The molecule has 3 nitrogen and oxygen atoms in total. The monoisotopic (exact) mass is 430 g/mol. The summed E-state index contributed by atoms with van der Waals surface area (Å²) in [5.41, 5.74) is 5.66. The molecule has 0 bridgehead atoms. The van der Waals surface area contributed by atoms with Crippen LogP contribution < -0.4 is 0 Å². The van der Waals surface area contributed by atoms with E-state index in [-0.39, 0.29) is 12.3 Å². The number of benzene rings is 3. The highest BCUT2D eigenvalue weighted by atomic mass is 79.9. The molecule has 3 aromatic carbocycles. The predicted molar refractivity (Wildman–Crippen MR) is 116 cm³/mol. The Morgan fingerprint density at radius 2 is 1.43 bits per heavy atom. The minimum absolute atomic E-state index is 0.0508. The lowest BCUT2D eigenvalue weighted by Gasteiger charge is -2.11. The van der Waals surface area contributed by atoms with Gasteiger partial charge in [-0.05, 0) is 22.9 Å². The van der Waals surface area contributed by atoms with E-state index in [4.69, 9.17) is 4.98 Å². The third-order valence-electron chi connectivity index (χ3n) is 4.69. The molecule has 0 saturated carbocycles. The van der Waals surface area contributed by atoms with Gasteiger partial charge in [-0.15, -0.1) is 0 Å². The molecule has 0 radical (unpaired) electrons. The second-order valence-corrected chi connectivity index (χ2v) is 7.39. The number of hydrogen-bond donors (Lipinski definition) is 0. The predicted octanol–water partition coefficient (Wildman–Crippen LogP) is 6.17. The fourth-order valence-electron chi connectivity index (χ4n) is 3.23. The van der Waals surface area contributed by atoms with Crippen molar-refractivity contribution in [2.45, 2.75) is 13.5 Å². The number of hydrogen-bond acceptors (Lipinski definition) is 2. The number of imidazole rings is 1. The van der Waals surface area contributed by atoms with E-state index in [1.165, 1.54) is 0 Å². The molecule has 0 atom stereocenters. The van der Waals surface area contributed by atoms with Crippen LogP contribution >= 0.6 is 15.9 Å². The minimum atomic E-state index is 0.0508. The van der Waals surface area contributed by atoms with Gasteiger partial charge in [0.25, 0.3) is 0 Å². The molecule has 4 rings (SSSR count). The van der Waals surface area contributed by atoms with Crippen LogP contribution in [0.25, 0.3) is 22.5 Å².